The predicted molar refractivity (Wildman–Crippen MR) is 96.3 cm³/mol. The van der Waals surface area contributed by atoms with Crippen LogP contribution in [0.5, 0.6) is 5.88 Å². The van der Waals surface area contributed by atoms with Crippen LogP contribution in [0.3, 0.4) is 0 Å². The number of pyridine rings is 1. The Hall–Kier alpha value is -1.60. The highest BCUT2D eigenvalue weighted by Gasteiger charge is 2.49. The van der Waals surface area contributed by atoms with Crippen molar-refractivity contribution in [1.82, 2.24) is 19.7 Å². The Labute approximate surface area is 151 Å². The third-order valence-electron chi connectivity index (χ3n) is 4.79. The maximum Gasteiger partial charge on any atom is 0.250 e. The summed E-state index contributed by atoms with van der Waals surface area (Å²) in [4.78, 5) is 6.44. The molecule has 1 spiro atoms. The molecule has 1 atom stereocenters. The van der Waals surface area contributed by atoms with E-state index < -0.39 is 0 Å². The molecular formula is C18H23FN4OS. The molecule has 0 amide bonds. The summed E-state index contributed by atoms with van der Waals surface area (Å²) < 4.78 is 21.7. The molecule has 2 saturated heterocycles. The van der Waals surface area contributed by atoms with Crippen LogP contribution < -0.4 is 4.74 Å². The molecule has 0 aromatic carbocycles. The van der Waals surface area contributed by atoms with E-state index in [-0.39, 0.29) is 22.5 Å². The second-order valence-electron chi connectivity index (χ2n) is 7.30. The molecule has 2 aromatic heterocycles. The fourth-order valence-electron chi connectivity index (χ4n) is 3.59. The van der Waals surface area contributed by atoms with Crippen LogP contribution in [0.2, 0.25) is 0 Å². The number of hydrogen-bond acceptors (Lipinski definition) is 5. The van der Waals surface area contributed by atoms with Crippen molar-refractivity contribution in [3.8, 4) is 5.88 Å². The van der Waals surface area contributed by atoms with Crippen LogP contribution in [-0.4, -0.2) is 49.4 Å². The summed E-state index contributed by atoms with van der Waals surface area (Å²) in [6, 6.07) is 3.37. The molecule has 4 rings (SSSR count). The first-order valence-electron chi connectivity index (χ1n) is 8.69. The summed E-state index contributed by atoms with van der Waals surface area (Å²) in [5.41, 5.74) is 1.26. The monoisotopic (exact) mass is 362 g/mol. The van der Waals surface area contributed by atoms with E-state index in [4.69, 9.17) is 4.74 Å². The second kappa shape index (κ2) is 6.61. The van der Waals surface area contributed by atoms with E-state index >= 15 is 0 Å². The van der Waals surface area contributed by atoms with Crippen LogP contribution in [-0.2, 0) is 6.54 Å². The Balaban J connectivity index is 1.29. The molecule has 0 bridgehead atoms. The van der Waals surface area contributed by atoms with Gasteiger partial charge in [0, 0.05) is 60.6 Å². The van der Waals surface area contributed by atoms with Gasteiger partial charge in [-0.1, -0.05) is 0 Å². The van der Waals surface area contributed by atoms with E-state index in [1.165, 1.54) is 11.6 Å². The Bertz CT molecular complexity index is 744. The van der Waals surface area contributed by atoms with Crippen molar-refractivity contribution in [2.45, 2.75) is 43.7 Å². The third-order valence-corrected chi connectivity index (χ3v) is 6.37. The van der Waals surface area contributed by atoms with E-state index in [1.54, 1.807) is 12.3 Å². The Morgan fingerprint density at radius 2 is 2.28 bits per heavy atom. The number of nitrogens with zero attached hydrogens (tertiary/aromatic N) is 4. The van der Waals surface area contributed by atoms with Crippen LogP contribution in [0.1, 0.15) is 31.9 Å². The average Bonchev–Trinajstić information content (AvgIpc) is 3.17. The largest absolute Gasteiger partial charge is 0.471 e. The first kappa shape index (κ1) is 16.8. The minimum Gasteiger partial charge on any atom is -0.471 e. The van der Waals surface area contributed by atoms with Crippen LogP contribution in [0.15, 0.2) is 30.7 Å². The van der Waals surface area contributed by atoms with Gasteiger partial charge in [-0.15, -0.1) is 11.8 Å². The molecule has 4 heterocycles. The number of hydrogen-bond donors (Lipinski definition) is 0. The number of aromatic nitrogens is 3. The molecule has 0 aliphatic carbocycles. The summed E-state index contributed by atoms with van der Waals surface area (Å²) in [6.07, 6.45) is 6.66. The SMILES string of the molecule is CC(C)n1cc(CN2CC3(CC(Oc4ncccc4F)CS3)C2)cn1. The van der Waals surface area contributed by atoms with Crippen LogP contribution in [0.4, 0.5) is 4.39 Å². The molecule has 0 radical (unpaired) electrons. The quantitative estimate of drug-likeness (QED) is 0.818. The van der Waals surface area contributed by atoms with Crippen molar-refractivity contribution in [2.24, 2.45) is 0 Å². The minimum atomic E-state index is -0.383. The standard InChI is InChI=1S/C18H23FN4OS/c1-13(2)23-9-14(7-21-23)8-22-11-18(12-22)6-15(10-25-18)24-17-16(19)4-3-5-20-17/h3-5,7,9,13,15H,6,8,10-12H2,1-2H3. The first-order chi connectivity index (χ1) is 12.0. The molecule has 7 heteroatoms. The average molecular weight is 362 g/mol. The smallest absolute Gasteiger partial charge is 0.250 e. The third kappa shape index (κ3) is 3.53. The second-order valence-corrected chi connectivity index (χ2v) is 8.78. The lowest BCUT2D eigenvalue weighted by Gasteiger charge is -2.47. The van der Waals surface area contributed by atoms with E-state index in [0.29, 0.717) is 6.04 Å². The van der Waals surface area contributed by atoms with E-state index in [2.05, 4.69) is 35.0 Å². The number of rotatable bonds is 5. The van der Waals surface area contributed by atoms with Crippen molar-refractivity contribution in [1.29, 1.82) is 0 Å². The summed E-state index contributed by atoms with van der Waals surface area (Å²) in [5, 5.41) is 4.41. The zero-order valence-electron chi connectivity index (χ0n) is 14.6. The van der Waals surface area contributed by atoms with Gasteiger partial charge < -0.3 is 4.74 Å². The van der Waals surface area contributed by atoms with Gasteiger partial charge >= 0.3 is 0 Å². The van der Waals surface area contributed by atoms with Gasteiger partial charge in [-0.3, -0.25) is 9.58 Å². The molecule has 0 N–H and O–H groups in total. The van der Waals surface area contributed by atoms with Crippen molar-refractivity contribution in [3.63, 3.8) is 0 Å². The lowest BCUT2D eigenvalue weighted by Crippen LogP contribution is -2.58. The normalized spacial score (nSPS) is 22.5. The predicted octanol–water partition coefficient (Wildman–Crippen LogP) is 3.14. The van der Waals surface area contributed by atoms with Crippen molar-refractivity contribution in [3.05, 3.63) is 42.1 Å². The van der Waals surface area contributed by atoms with E-state index in [1.807, 2.05) is 22.6 Å². The molecule has 2 fully saturated rings. The van der Waals surface area contributed by atoms with Gasteiger partial charge in [-0.25, -0.2) is 9.37 Å². The first-order valence-corrected chi connectivity index (χ1v) is 9.68. The lowest BCUT2D eigenvalue weighted by atomic mass is 9.92. The van der Waals surface area contributed by atoms with Gasteiger partial charge in [0.1, 0.15) is 6.10 Å². The molecule has 134 valence electrons. The number of likely N-dealkylation sites (tertiary alicyclic amines) is 1. The molecule has 2 aliphatic heterocycles. The highest BCUT2D eigenvalue weighted by molar-refractivity contribution is 8.01. The summed E-state index contributed by atoms with van der Waals surface area (Å²) >= 11 is 1.95. The van der Waals surface area contributed by atoms with Crippen LogP contribution >= 0.6 is 11.8 Å². The Morgan fingerprint density at radius 3 is 3.00 bits per heavy atom. The van der Waals surface area contributed by atoms with Gasteiger partial charge in [0.2, 0.25) is 0 Å². The molecule has 2 aromatic rings. The molecule has 1 unspecified atom stereocenters. The highest BCUT2D eigenvalue weighted by atomic mass is 32.2. The molecule has 2 aliphatic rings. The van der Waals surface area contributed by atoms with Crippen molar-refractivity contribution >= 4 is 11.8 Å². The molecule has 25 heavy (non-hydrogen) atoms. The van der Waals surface area contributed by atoms with Gasteiger partial charge in [0.15, 0.2) is 5.82 Å². The maximum absolute atomic E-state index is 13.7. The van der Waals surface area contributed by atoms with Gasteiger partial charge in [0.05, 0.1) is 6.20 Å². The zero-order valence-corrected chi connectivity index (χ0v) is 15.4. The zero-order chi connectivity index (χ0) is 17.4. The molecule has 0 saturated carbocycles. The summed E-state index contributed by atoms with van der Waals surface area (Å²) in [7, 11) is 0. The number of halogens is 1. The molecule has 5 nitrogen and oxygen atoms in total. The fraction of sp³-hybridized carbons (Fsp3) is 0.556. The summed E-state index contributed by atoms with van der Waals surface area (Å²) in [6.45, 7) is 7.31. The Morgan fingerprint density at radius 1 is 1.44 bits per heavy atom. The number of thioether (sulfide) groups is 1. The highest BCUT2D eigenvalue weighted by Crippen LogP contribution is 2.46. The van der Waals surface area contributed by atoms with Crippen LogP contribution in [0, 0.1) is 5.82 Å². The Kier molecular flexibility index (Phi) is 4.45. The fourth-order valence-corrected chi connectivity index (χ4v) is 5.17. The molecular weight excluding hydrogens is 339 g/mol. The summed E-state index contributed by atoms with van der Waals surface area (Å²) in [5.74, 6) is 0.642. The lowest BCUT2D eigenvalue weighted by molar-refractivity contribution is 0.0895. The van der Waals surface area contributed by atoms with Gasteiger partial charge in [-0.2, -0.15) is 5.10 Å². The maximum atomic E-state index is 13.7. The van der Waals surface area contributed by atoms with E-state index in [0.717, 1.165) is 31.8 Å². The topological polar surface area (TPSA) is 43.2 Å². The van der Waals surface area contributed by atoms with Crippen LogP contribution in [0.25, 0.3) is 0 Å². The number of ether oxygens (including phenoxy) is 1. The van der Waals surface area contributed by atoms with Crippen molar-refractivity contribution in [2.75, 3.05) is 18.8 Å². The van der Waals surface area contributed by atoms with Crippen molar-refractivity contribution < 1.29 is 9.13 Å². The van der Waals surface area contributed by atoms with E-state index in [9.17, 15) is 4.39 Å². The van der Waals surface area contributed by atoms with Gasteiger partial charge in [0.25, 0.3) is 5.88 Å². The van der Waals surface area contributed by atoms with Gasteiger partial charge in [-0.05, 0) is 26.0 Å². The minimum absolute atomic E-state index is 0.0419.